The van der Waals surface area contributed by atoms with E-state index in [1.807, 2.05) is 18.2 Å². The van der Waals surface area contributed by atoms with Crippen molar-refractivity contribution < 1.29 is 9.47 Å². The van der Waals surface area contributed by atoms with Crippen molar-refractivity contribution in [1.82, 2.24) is 0 Å². The van der Waals surface area contributed by atoms with Crippen molar-refractivity contribution in [1.29, 1.82) is 0 Å². The quantitative estimate of drug-likeness (QED) is 0.591. The summed E-state index contributed by atoms with van der Waals surface area (Å²) in [6.07, 6.45) is 0.611. The maximum Gasteiger partial charge on any atom is 0.183 e. The Morgan fingerprint density at radius 2 is 1.93 bits per heavy atom. The van der Waals surface area contributed by atoms with Crippen molar-refractivity contribution in [2.45, 2.75) is 19.6 Å². The summed E-state index contributed by atoms with van der Waals surface area (Å²) in [4.78, 5) is 0. The van der Waals surface area contributed by atoms with E-state index in [2.05, 4.69) is 6.92 Å². The average molecular weight is 195 g/mol. The first kappa shape index (κ1) is 11.0. The van der Waals surface area contributed by atoms with Crippen molar-refractivity contribution in [3.8, 4) is 0 Å². The SMILES string of the molecule is CCc1ccc(C(OC)OC)cc1N. The van der Waals surface area contributed by atoms with Gasteiger partial charge in [-0.05, 0) is 18.1 Å². The average Bonchev–Trinajstić information content (AvgIpc) is 2.20. The molecule has 3 nitrogen and oxygen atoms in total. The number of hydrogen-bond acceptors (Lipinski definition) is 3. The number of methoxy groups -OCH3 is 2. The molecule has 0 atom stereocenters. The van der Waals surface area contributed by atoms with Gasteiger partial charge in [-0.25, -0.2) is 0 Å². The fraction of sp³-hybridized carbons (Fsp3) is 0.455. The van der Waals surface area contributed by atoms with Gasteiger partial charge in [-0.1, -0.05) is 19.1 Å². The van der Waals surface area contributed by atoms with Crippen molar-refractivity contribution in [2.75, 3.05) is 20.0 Å². The van der Waals surface area contributed by atoms with Gasteiger partial charge in [0.2, 0.25) is 0 Å². The van der Waals surface area contributed by atoms with Crippen molar-refractivity contribution in [2.24, 2.45) is 0 Å². The lowest BCUT2D eigenvalue weighted by molar-refractivity contribution is -0.105. The van der Waals surface area contributed by atoms with Crippen LogP contribution in [0.25, 0.3) is 0 Å². The van der Waals surface area contributed by atoms with E-state index in [-0.39, 0.29) is 6.29 Å². The molecule has 0 aromatic heterocycles. The maximum absolute atomic E-state index is 5.87. The molecule has 0 aliphatic rings. The normalized spacial score (nSPS) is 10.9. The third-order valence-electron chi connectivity index (χ3n) is 2.25. The monoisotopic (exact) mass is 195 g/mol. The van der Waals surface area contributed by atoms with Crippen molar-refractivity contribution in [3.63, 3.8) is 0 Å². The number of rotatable bonds is 4. The summed E-state index contributed by atoms with van der Waals surface area (Å²) in [7, 11) is 3.22. The van der Waals surface area contributed by atoms with Gasteiger partial charge < -0.3 is 15.2 Å². The zero-order valence-electron chi connectivity index (χ0n) is 8.91. The second-order valence-electron chi connectivity index (χ2n) is 3.12. The Bertz CT molecular complexity index is 295. The Kier molecular flexibility index (Phi) is 3.92. The van der Waals surface area contributed by atoms with E-state index in [0.717, 1.165) is 23.2 Å². The highest BCUT2D eigenvalue weighted by molar-refractivity contribution is 5.49. The molecule has 1 aromatic rings. The molecule has 1 rings (SSSR count). The maximum atomic E-state index is 5.87. The van der Waals surface area contributed by atoms with Crippen LogP contribution in [0.1, 0.15) is 24.3 Å². The lowest BCUT2D eigenvalue weighted by Crippen LogP contribution is -2.05. The highest BCUT2D eigenvalue weighted by Gasteiger charge is 2.09. The van der Waals surface area contributed by atoms with E-state index in [9.17, 15) is 0 Å². The van der Waals surface area contributed by atoms with E-state index in [1.54, 1.807) is 14.2 Å². The summed E-state index contributed by atoms with van der Waals surface area (Å²) in [6, 6.07) is 5.89. The highest BCUT2D eigenvalue weighted by atomic mass is 16.7. The Balaban J connectivity index is 2.95. The van der Waals surface area contributed by atoms with Gasteiger partial charge in [0.05, 0.1) is 0 Å². The first-order valence-corrected chi connectivity index (χ1v) is 4.66. The minimum atomic E-state index is -0.330. The van der Waals surface area contributed by atoms with Crippen LogP contribution in [-0.4, -0.2) is 14.2 Å². The van der Waals surface area contributed by atoms with Crippen LogP contribution in [0.4, 0.5) is 5.69 Å². The molecule has 0 radical (unpaired) electrons. The van der Waals surface area contributed by atoms with Crippen molar-refractivity contribution >= 4 is 5.69 Å². The van der Waals surface area contributed by atoms with Gasteiger partial charge in [0.1, 0.15) is 0 Å². The summed E-state index contributed by atoms with van der Waals surface area (Å²) in [5.41, 5.74) is 8.76. The standard InChI is InChI=1S/C11H17NO2/c1-4-8-5-6-9(7-10(8)12)11(13-2)14-3/h5-7,11H,4,12H2,1-3H3. The second-order valence-corrected chi connectivity index (χ2v) is 3.12. The molecule has 0 aliphatic carbocycles. The van der Waals surface area contributed by atoms with Crippen molar-refractivity contribution in [3.05, 3.63) is 29.3 Å². The van der Waals surface area contributed by atoms with Crippen LogP contribution in [0.5, 0.6) is 0 Å². The van der Waals surface area contributed by atoms with Crippen LogP contribution < -0.4 is 5.73 Å². The Morgan fingerprint density at radius 3 is 2.36 bits per heavy atom. The fourth-order valence-electron chi connectivity index (χ4n) is 1.45. The minimum Gasteiger partial charge on any atom is -0.398 e. The van der Waals surface area contributed by atoms with Gasteiger partial charge in [0, 0.05) is 25.5 Å². The van der Waals surface area contributed by atoms with Crippen LogP contribution in [0, 0.1) is 0 Å². The minimum absolute atomic E-state index is 0.330. The summed E-state index contributed by atoms with van der Waals surface area (Å²) in [5, 5.41) is 0. The number of anilines is 1. The van der Waals surface area contributed by atoms with Gasteiger partial charge >= 0.3 is 0 Å². The number of aryl methyl sites for hydroxylation is 1. The van der Waals surface area contributed by atoms with Gasteiger partial charge in [0.25, 0.3) is 0 Å². The molecular formula is C11H17NO2. The summed E-state index contributed by atoms with van der Waals surface area (Å²) in [6.45, 7) is 2.08. The van der Waals surface area contributed by atoms with Crippen LogP contribution in [0.3, 0.4) is 0 Å². The summed E-state index contributed by atoms with van der Waals surface area (Å²) >= 11 is 0. The Morgan fingerprint density at radius 1 is 1.29 bits per heavy atom. The first-order chi connectivity index (χ1) is 6.72. The van der Waals surface area contributed by atoms with E-state index >= 15 is 0 Å². The molecule has 0 fully saturated rings. The van der Waals surface area contributed by atoms with Gasteiger partial charge in [-0.2, -0.15) is 0 Å². The zero-order chi connectivity index (χ0) is 10.6. The van der Waals surface area contributed by atoms with Crippen LogP contribution >= 0.6 is 0 Å². The van der Waals surface area contributed by atoms with E-state index < -0.39 is 0 Å². The third-order valence-corrected chi connectivity index (χ3v) is 2.25. The Hall–Kier alpha value is -1.06. The molecule has 14 heavy (non-hydrogen) atoms. The molecule has 1 aromatic carbocycles. The van der Waals surface area contributed by atoms with E-state index in [4.69, 9.17) is 15.2 Å². The molecule has 0 saturated heterocycles. The summed E-state index contributed by atoms with van der Waals surface area (Å²) in [5.74, 6) is 0. The first-order valence-electron chi connectivity index (χ1n) is 4.66. The molecule has 3 heteroatoms. The van der Waals surface area contributed by atoms with Gasteiger partial charge in [-0.3, -0.25) is 0 Å². The molecule has 0 unspecified atom stereocenters. The topological polar surface area (TPSA) is 44.5 Å². The molecule has 0 saturated carbocycles. The lowest BCUT2D eigenvalue weighted by Gasteiger charge is -2.15. The van der Waals surface area contributed by atoms with Crippen LogP contribution in [0.15, 0.2) is 18.2 Å². The fourth-order valence-corrected chi connectivity index (χ4v) is 1.45. The third kappa shape index (κ3) is 2.25. The second kappa shape index (κ2) is 4.98. The molecule has 2 N–H and O–H groups in total. The smallest absolute Gasteiger partial charge is 0.183 e. The summed E-state index contributed by atoms with van der Waals surface area (Å²) < 4.78 is 10.3. The molecular weight excluding hydrogens is 178 g/mol. The highest BCUT2D eigenvalue weighted by Crippen LogP contribution is 2.22. The predicted molar refractivity (Wildman–Crippen MR) is 57.0 cm³/mol. The number of nitrogens with two attached hydrogens (primary N) is 1. The molecule has 0 amide bonds. The van der Waals surface area contributed by atoms with E-state index in [1.165, 1.54) is 0 Å². The molecule has 0 bridgehead atoms. The lowest BCUT2D eigenvalue weighted by atomic mass is 10.1. The number of benzene rings is 1. The molecule has 0 aliphatic heterocycles. The largest absolute Gasteiger partial charge is 0.398 e. The molecule has 0 heterocycles. The Labute approximate surface area is 84.8 Å². The molecule has 78 valence electrons. The van der Waals surface area contributed by atoms with Crippen LogP contribution in [-0.2, 0) is 15.9 Å². The zero-order valence-corrected chi connectivity index (χ0v) is 8.91. The number of hydrogen-bond donors (Lipinski definition) is 1. The van der Waals surface area contributed by atoms with E-state index in [0.29, 0.717) is 0 Å². The predicted octanol–water partition coefficient (Wildman–Crippen LogP) is 2.12. The van der Waals surface area contributed by atoms with Crippen LogP contribution in [0.2, 0.25) is 0 Å². The van der Waals surface area contributed by atoms with Gasteiger partial charge in [0.15, 0.2) is 6.29 Å². The molecule has 0 spiro atoms. The number of nitrogen functional groups attached to an aromatic ring is 1. The van der Waals surface area contributed by atoms with Gasteiger partial charge in [-0.15, -0.1) is 0 Å². The number of ether oxygens (including phenoxy) is 2.